The summed E-state index contributed by atoms with van der Waals surface area (Å²) >= 11 is 6.04. The number of hydrogen-bond acceptors (Lipinski definition) is 4. The fraction of sp³-hybridized carbons (Fsp3) is 0.286. The Morgan fingerprint density at radius 3 is 2.62 bits per heavy atom. The molecule has 0 aliphatic carbocycles. The van der Waals surface area contributed by atoms with Crippen LogP contribution in [0.4, 0.5) is 16.0 Å². The Bertz CT molecular complexity index is 680. The molecule has 0 radical (unpaired) electrons. The minimum atomic E-state index is -0.549. The smallest absolute Gasteiger partial charge is 0.171 e. The van der Waals surface area contributed by atoms with Gasteiger partial charge in [-0.05, 0) is 26.0 Å². The van der Waals surface area contributed by atoms with Crippen LogP contribution in [0.3, 0.4) is 0 Å². The Morgan fingerprint density at radius 1 is 1.43 bits per heavy atom. The molecular weight excluding hydrogens is 293 g/mol. The Labute approximate surface area is 127 Å². The average molecular weight is 308 g/mol. The third-order valence-corrected chi connectivity index (χ3v) is 3.53. The highest BCUT2D eigenvalue weighted by Crippen LogP contribution is 2.31. The molecular formula is C14H15ClFN5. The quantitative estimate of drug-likeness (QED) is 0.942. The first-order valence-electron chi connectivity index (χ1n) is 6.53. The average Bonchev–Trinajstić information content (AvgIpc) is 2.77. The van der Waals surface area contributed by atoms with Crippen LogP contribution in [0.5, 0.6) is 0 Å². The van der Waals surface area contributed by atoms with E-state index in [1.165, 1.54) is 16.8 Å². The molecule has 0 unspecified atom stereocenters. The molecule has 0 bridgehead atoms. The normalized spacial score (nSPS) is 10.4. The van der Waals surface area contributed by atoms with Crippen molar-refractivity contribution in [2.45, 2.75) is 13.8 Å². The molecule has 1 aromatic carbocycles. The molecule has 0 aliphatic heterocycles. The van der Waals surface area contributed by atoms with Crippen molar-refractivity contribution < 1.29 is 4.39 Å². The van der Waals surface area contributed by atoms with E-state index in [0.717, 1.165) is 0 Å². The van der Waals surface area contributed by atoms with Crippen LogP contribution in [0, 0.1) is 17.1 Å². The molecule has 7 heteroatoms. The van der Waals surface area contributed by atoms with E-state index in [4.69, 9.17) is 17.3 Å². The largest absolute Gasteiger partial charge is 0.382 e. The Hall–Kier alpha value is -2.26. The lowest BCUT2D eigenvalue weighted by molar-refractivity contribution is 0.611. The highest BCUT2D eigenvalue weighted by atomic mass is 35.5. The zero-order valence-electron chi connectivity index (χ0n) is 11.8. The highest BCUT2D eigenvalue weighted by Gasteiger charge is 2.22. The maximum absolute atomic E-state index is 14.0. The number of benzene rings is 1. The zero-order chi connectivity index (χ0) is 15.6. The number of nitrogen functional groups attached to an aromatic ring is 1. The van der Waals surface area contributed by atoms with Gasteiger partial charge in [-0.1, -0.05) is 17.7 Å². The fourth-order valence-electron chi connectivity index (χ4n) is 2.13. The van der Waals surface area contributed by atoms with Crippen molar-refractivity contribution in [3.63, 3.8) is 0 Å². The molecule has 0 saturated heterocycles. The molecule has 2 N–H and O–H groups in total. The van der Waals surface area contributed by atoms with E-state index in [2.05, 4.69) is 5.10 Å². The van der Waals surface area contributed by atoms with Crippen LogP contribution in [0.15, 0.2) is 18.2 Å². The first kappa shape index (κ1) is 15.1. The van der Waals surface area contributed by atoms with E-state index >= 15 is 0 Å². The lowest BCUT2D eigenvalue weighted by Gasteiger charge is -2.17. The van der Waals surface area contributed by atoms with Crippen LogP contribution in [0.1, 0.15) is 19.4 Å². The van der Waals surface area contributed by atoms with E-state index in [1.54, 1.807) is 6.07 Å². The lowest BCUT2D eigenvalue weighted by atomic mass is 10.3. The molecule has 0 saturated carbocycles. The van der Waals surface area contributed by atoms with Crippen molar-refractivity contribution in [1.29, 1.82) is 5.26 Å². The fourth-order valence-corrected chi connectivity index (χ4v) is 2.38. The Kier molecular flexibility index (Phi) is 4.34. The maximum Gasteiger partial charge on any atom is 0.171 e. The maximum atomic E-state index is 14.0. The number of rotatable bonds is 4. The topological polar surface area (TPSA) is 70.9 Å². The first-order valence-corrected chi connectivity index (χ1v) is 6.90. The van der Waals surface area contributed by atoms with Gasteiger partial charge in [-0.2, -0.15) is 5.26 Å². The van der Waals surface area contributed by atoms with Crippen molar-refractivity contribution >= 4 is 23.2 Å². The summed E-state index contributed by atoms with van der Waals surface area (Å²) in [5, 5.41) is 13.8. The summed E-state index contributed by atoms with van der Waals surface area (Å²) in [4.78, 5) is 1.88. The van der Waals surface area contributed by atoms with Gasteiger partial charge in [-0.3, -0.25) is 0 Å². The van der Waals surface area contributed by atoms with Crippen LogP contribution in [-0.4, -0.2) is 22.9 Å². The van der Waals surface area contributed by atoms with Gasteiger partial charge in [-0.25, -0.2) is 9.07 Å². The predicted octanol–water partition coefficient (Wildman–Crippen LogP) is 2.96. The second-order valence-corrected chi connectivity index (χ2v) is 4.76. The minimum absolute atomic E-state index is 0.0478. The Morgan fingerprint density at radius 2 is 2.10 bits per heavy atom. The van der Waals surface area contributed by atoms with Crippen LogP contribution in [0.25, 0.3) is 5.69 Å². The van der Waals surface area contributed by atoms with Gasteiger partial charge in [0.15, 0.2) is 5.82 Å². The number of anilines is 2. The van der Waals surface area contributed by atoms with Crippen LogP contribution in [-0.2, 0) is 0 Å². The number of para-hydroxylation sites is 1. The van der Waals surface area contributed by atoms with Crippen molar-refractivity contribution in [3.8, 4) is 11.8 Å². The third kappa shape index (κ3) is 2.52. The van der Waals surface area contributed by atoms with Gasteiger partial charge in [0.2, 0.25) is 0 Å². The van der Waals surface area contributed by atoms with Crippen molar-refractivity contribution in [2.75, 3.05) is 23.7 Å². The van der Waals surface area contributed by atoms with E-state index in [0.29, 0.717) is 18.9 Å². The molecule has 1 aromatic heterocycles. The standard InChI is InChI=1S/C14H15ClFN5/c1-3-20(4-2)14-9(8-17)13(18)21(19-14)12-10(15)6-5-7-11(12)16/h5-7H,3-4,18H2,1-2H3. The van der Waals surface area contributed by atoms with Crippen LogP contribution >= 0.6 is 11.6 Å². The summed E-state index contributed by atoms with van der Waals surface area (Å²) < 4.78 is 15.2. The van der Waals surface area contributed by atoms with Gasteiger partial charge in [0, 0.05) is 13.1 Å². The monoisotopic (exact) mass is 307 g/mol. The van der Waals surface area contributed by atoms with Crippen molar-refractivity contribution in [3.05, 3.63) is 34.6 Å². The third-order valence-electron chi connectivity index (χ3n) is 3.23. The summed E-state index contributed by atoms with van der Waals surface area (Å²) in [6.45, 7) is 5.20. The summed E-state index contributed by atoms with van der Waals surface area (Å²) in [6.07, 6.45) is 0. The molecule has 2 aromatic rings. The van der Waals surface area contributed by atoms with Gasteiger partial charge >= 0.3 is 0 Å². The molecule has 110 valence electrons. The molecule has 21 heavy (non-hydrogen) atoms. The van der Waals surface area contributed by atoms with Gasteiger partial charge in [0.25, 0.3) is 0 Å². The predicted molar refractivity (Wildman–Crippen MR) is 81.2 cm³/mol. The van der Waals surface area contributed by atoms with Gasteiger partial charge in [0.1, 0.15) is 29.0 Å². The number of aromatic nitrogens is 2. The summed E-state index contributed by atoms with van der Waals surface area (Å²) in [6, 6.07) is 6.34. The van der Waals surface area contributed by atoms with Gasteiger partial charge < -0.3 is 10.6 Å². The Balaban J connectivity index is 2.70. The van der Waals surface area contributed by atoms with Gasteiger partial charge in [0.05, 0.1) is 5.02 Å². The second kappa shape index (κ2) is 6.02. The number of hydrogen-bond donors (Lipinski definition) is 1. The van der Waals surface area contributed by atoms with Crippen LogP contribution in [0.2, 0.25) is 5.02 Å². The van der Waals surface area contributed by atoms with Crippen LogP contribution < -0.4 is 10.6 Å². The number of nitriles is 1. The zero-order valence-corrected chi connectivity index (χ0v) is 12.5. The molecule has 0 fully saturated rings. The number of nitrogens with zero attached hydrogens (tertiary/aromatic N) is 4. The van der Waals surface area contributed by atoms with E-state index < -0.39 is 5.82 Å². The number of nitrogens with two attached hydrogens (primary N) is 1. The van der Waals surface area contributed by atoms with E-state index in [1.807, 2.05) is 24.8 Å². The molecule has 5 nitrogen and oxygen atoms in total. The molecule has 0 spiro atoms. The molecule has 2 rings (SSSR count). The second-order valence-electron chi connectivity index (χ2n) is 4.35. The van der Waals surface area contributed by atoms with Gasteiger partial charge in [-0.15, -0.1) is 5.10 Å². The summed E-state index contributed by atoms with van der Waals surface area (Å²) in [5.41, 5.74) is 6.23. The minimum Gasteiger partial charge on any atom is -0.382 e. The molecule has 1 heterocycles. The lowest BCUT2D eigenvalue weighted by Crippen LogP contribution is -2.23. The first-order chi connectivity index (χ1) is 10.0. The molecule has 0 aliphatic rings. The molecule has 0 atom stereocenters. The van der Waals surface area contributed by atoms with Crippen molar-refractivity contribution in [1.82, 2.24) is 9.78 Å². The number of halogens is 2. The SMILES string of the molecule is CCN(CC)c1nn(-c2c(F)cccc2Cl)c(N)c1C#N. The van der Waals surface area contributed by atoms with Crippen molar-refractivity contribution in [2.24, 2.45) is 0 Å². The molecule has 0 amide bonds. The highest BCUT2D eigenvalue weighted by molar-refractivity contribution is 6.32. The summed E-state index contributed by atoms with van der Waals surface area (Å²) in [5.74, 6) is -0.0435. The van der Waals surface area contributed by atoms with E-state index in [-0.39, 0.29) is 22.1 Å². The summed E-state index contributed by atoms with van der Waals surface area (Å²) in [7, 11) is 0. The van der Waals surface area contributed by atoms with E-state index in [9.17, 15) is 9.65 Å².